The van der Waals surface area contributed by atoms with Gasteiger partial charge in [-0.25, -0.2) is 0 Å². The summed E-state index contributed by atoms with van der Waals surface area (Å²) in [7, 11) is -1.33. The highest BCUT2D eigenvalue weighted by Crippen LogP contribution is 2.52. The summed E-state index contributed by atoms with van der Waals surface area (Å²) in [6.07, 6.45) is -8.91. The monoisotopic (exact) mass is 456 g/mol. The largest absolute Gasteiger partial charge is 0.416 e. The van der Waals surface area contributed by atoms with Gasteiger partial charge in [0.2, 0.25) is 0 Å². The van der Waals surface area contributed by atoms with E-state index in [0.29, 0.717) is 9.79 Å². The minimum atomic E-state index is -4.45. The number of hydrogen-bond acceptors (Lipinski definition) is 0. The Balaban J connectivity index is 2.08. The van der Waals surface area contributed by atoms with Crippen LogP contribution in [0.1, 0.15) is 37.5 Å². The Kier molecular flexibility index (Phi) is 6.20. The molecule has 0 radical (unpaired) electrons. The predicted octanol–water partition coefficient (Wildman–Crippen LogP) is 8.50. The summed E-state index contributed by atoms with van der Waals surface area (Å²) in [6, 6.07) is 17.4. The molecule has 0 N–H and O–H groups in total. The van der Waals surface area contributed by atoms with Crippen LogP contribution in [0.3, 0.4) is 0 Å². The molecule has 0 aliphatic carbocycles. The van der Waals surface area contributed by atoms with E-state index in [0.717, 1.165) is 34.7 Å². The van der Waals surface area contributed by atoms with Crippen molar-refractivity contribution < 1.29 is 26.3 Å². The van der Waals surface area contributed by atoms with E-state index in [1.807, 2.05) is 24.3 Å². The number of alkyl halides is 6. The van der Waals surface area contributed by atoms with Crippen LogP contribution in [-0.2, 0) is 17.8 Å². The molecular weight excluding hydrogens is 434 g/mol. The van der Waals surface area contributed by atoms with Gasteiger partial charge in [0.15, 0.2) is 0 Å². The Morgan fingerprint density at radius 1 is 0.452 bits per heavy atom. The molecule has 0 spiro atoms. The third-order valence-electron chi connectivity index (χ3n) is 4.90. The normalized spacial score (nSPS) is 13.3. The van der Waals surface area contributed by atoms with Crippen LogP contribution in [0.25, 0.3) is 0 Å². The average Bonchev–Trinajstić information content (AvgIpc) is 2.67. The molecule has 0 atom stereocenters. The van der Waals surface area contributed by atoms with Gasteiger partial charge in [0, 0.05) is 0 Å². The SMILES string of the molecule is CC(C)(C)c1ccc([SH](c2ccc(C(F)(F)F)cc2)c2ccc(C(F)(F)F)cc2)cc1. The minimum Gasteiger partial charge on any atom is -0.173 e. The van der Waals surface area contributed by atoms with E-state index in [1.165, 1.54) is 24.3 Å². The Labute approximate surface area is 180 Å². The van der Waals surface area contributed by atoms with Crippen molar-refractivity contribution in [3.63, 3.8) is 0 Å². The highest BCUT2D eigenvalue weighted by atomic mass is 32.2. The van der Waals surface area contributed by atoms with Gasteiger partial charge in [-0.05, 0) is 86.3 Å². The van der Waals surface area contributed by atoms with Crippen LogP contribution in [0, 0.1) is 0 Å². The lowest BCUT2D eigenvalue weighted by molar-refractivity contribution is -0.138. The van der Waals surface area contributed by atoms with Gasteiger partial charge in [0.05, 0.1) is 11.1 Å². The maximum absolute atomic E-state index is 13.0. The summed E-state index contributed by atoms with van der Waals surface area (Å²) in [5.41, 5.74) is -0.515. The Morgan fingerprint density at radius 2 is 0.710 bits per heavy atom. The molecule has 0 aliphatic heterocycles. The molecule has 0 bridgehead atoms. The zero-order valence-electron chi connectivity index (χ0n) is 17.1. The maximum atomic E-state index is 13.0. The Bertz CT molecular complexity index is 872. The van der Waals surface area contributed by atoms with Crippen LogP contribution < -0.4 is 0 Å². The fraction of sp³-hybridized carbons (Fsp3) is 0.250. The molecular formula is C24H22F6S. The van der Waals surface area contributed by atoms with Gasteiger partial charge in [-0.2, -0.15) is 37.2 Å². The highest BCUT2D eigenvalue weighted by Gasteiger charge is 2.31. The number of rotatable bonds is 3. The standard InChI is InChI=1S/C24H22F6S/c1-22(2,3)16-4-10-19(11-5-16)31(20-12-6-17(7-13-20)23(25,26)27)21-14-8-18(9-15-21)24(28,29)30/h4-15,31H,1-3H3. The molecule has 0 aliphatic rings. The van der Waals surface area contributed by atoms with Crippen LogP contribution >= 0.6 is 10.9 Å². The first kappa shape index (κ1) is 23.3. The summed E-state index contributed by atoms with van der Waals surface area (Å²) in [5.74, 6) is 0. The molecule has 0 amide bonds. The van der Waals surface area contributed by atoms with E-state index in [1.54, 1.807) is 0 Å². The average molecular weight is 456 g/mol. The van der Waals surface area contributed by atoms with Crippen LogP contribution in [0.5, 0.6) is 0 Å². The van der Waals surface area contributed by atoms with Gasteiger partial charge in [0.1, 0.15) is 0 Å². The van der Waals surface area contributed by atoms with Gasteiger partial charge in [-0.1, -0.05) is 32.9 Å². The van der Waals surface area contributed by atoms with Crippen molar-refractivity contribution in [1.82, 2.24) is 0 Å². The second-order valence-corrected chi connectivity index (χ2v) is 10.4. The zero-order valence-corrected chi connectivity index (χ0v) is 18.0. The van der Waals surface area contributed by atoms with Crippen molar-refractivity contribution in [3.8, 4) is 0 Å². The summed E-state index contributed by atoms with van der Waals surface area (Å²) in [6.45, 7) is 6.20. The smallest absolute Gasteiger partial charge is 0.173 e. The van der Waals surface area contributed by atoms with Crippen molar-refractivity contribution in [3.05, 3.63) is 89.5 Å². The third-order valence-corrected chi connectivity index (χ3v) is 7.34. The second kappa shape index (κ2) is 8.26. The molecule has 0 unspecified atom stereocenters. The van der Waals surface area contributed by atoms with Crippen molar-refractivity contribution in [2.75, 3.05) is 0 Å². The Morgan fingerprint density at radius 3 is 0.935 bits per heavy atom. The van der Waals surface area contributed by atoms with Crippen molar-refractivity contribution in [2.45, 2.75) is 53.2 Å². The van der Waals surface area contributed by atoms with E-state index in [9.17, 15) is 26.3 Å². The fourth-order valence-corrected chi connectivity index (χ4v) is 5.39. The first-order chi connectivity index (χ1) is 14.3. The fourth-order valence-electron chi connectivity index (χ4n) is 3.16. The topological polar surface area (TPSA) is 0 Å². The first-order valence-electron chi connectivity index (χ1n) is 9.52. The van der Waals surface area contributed by atoms with Crippen molar-refractivity contribution in [2.24, 2.45) is 0 Å². The van der Waals surface area contributed by atoms with Gasteiger partial charge >= 0.3 is 12.4 Å². The van der Waals surface area contributed by atoms with E-state index in [4.69, 9.17) is 0 Å². The number of thiol groups is 1. The van der Waals surface area contributed by atoms with Gasteiger partial charge < -0.3 is 0 Å². The predicted molar refractivity (Wildman–Crippen MR) is 112 cm³/mol. The van der Waals surface area contributed by atoms with Gasteiger partial charge in [-0.15, -0.1) is 0 Å². The minimum absolute atomic E-state index is 0.0794. The number of halogens is 6. The lowest BCUT2D eigenvalue weighted by atomic mass is 9.87. The molecule has 166 valence electrons. The summed E-state index contributed by atoms with van der Waals surface area (Å²) in [4.78, 5) is 2.11. The number of benzene rings is 3. The summed E-state index contributed by atoms with van der Waals surface area (Å²) in [5, 5.41) is 0. The quantitative estimate of drug-likeness (QED) is 0.296. The third kappa shape index (κ3) is 5.45. The van der Waals surface area contributed by atoms with Crippen molar-refractivity contribution >= 4 is 10.9 Å². The molecule has 0 nitrogen and oxygen atoms in total. The van der Waals surface area contributed by atoms with Crippen LogP contribution in [0.4, 0.5) is 26.3 Å². The lowest BCUT2D eigenvalue weighted by Gasteiger charge is -2.26. The van der Waals surface area contributed by atoms with Gasteiger partial charge in [-0.3, -0.25) is 0 Å². The molecule has 0 fully saturated rings. The molecule has 0 heterocycles. The molecule has 3 aromatic carbocycles. The summed E-state index contributed by atoms with van der Waals surface area (Å²) < 4.78 is 77.9. The van der Waals surface area contributed by atoms with E-state index >= 15 is 0 Å². The maximum Gasteiger partial charge on any atom is 0.416 e. The van der Waals surface area contributed by atoms with Crippen LogP contribution in [0.15, 0.2) is 87.5 Å². The van der Waals surface area contributed by atoms with E-state index in [2.05, 4.69) is 20.8 Å². The number of hydrogen-bond donors (Lipinski definition) is 1. The molecule has 31 heavy (non-hydrogen) atoms. The molecule has 3 rings (SSSR count). The zero-order chi connectivity index (χ0) is 23.0. The highest BCUT2D eigenvalue weighted by molar-refractivity contribution is 8.17. The van der Waals surface area contributed by atoms with Crippen LogP contribution in [0.2, 0.25) is 0 Å². The van der Waals surface area contributed by atoms with Gasteiger partial charge in [0.25, 0.3) is 0 Å². The molecule has 0 aromatic heterocycles. The summed E-state index contributed by atoms with van der Waals surface area (Å²) >= 11 is 0. The molecule has 7 heteroatoms. The molecule has 3 aromatic rings. The molecule has 0 saturated heterocycles. The first-order valence-corrected chi connectivity index (χ1v) is 10.9. The van der Waals surface area contributed by atoms with Crippen LogP contribution in [-0.4, -0.2) is 0 Å². The second-order valence-electron chi connectivity index (χ2n) is 8.22. The lowest BCUT2D eigenvalue weighted by Crippen LogP contribution is -2.10. The van der Waals surface area contributed by atoms with Crippen molar-refractivity contribution in [1.29, 1.82) is 0 Å². The van der Waals surface area contributed by atoms with E-state index < -0.39 is 34.4 Å². The van der Waals surface area contributed by atoms with E-state index in [-0.39, 0.29) is 5.41 Å². The molecule has 0 saturated carbocycles. The Hall–Kier alpha value is -2.41.